The van der Waals surface area contributed by atoms with Crippen LogP contribution in [0.1, 0.15) is 23.6 Å². The van der Waals surface area contributed by atoms with Crippen LogP contribution in [0.25, 0.3) is 0 Å². The molecule has 0 saturated heterocycles. The van der Waals surface area contributed by atoms with Gasteiger partial charge in [-0.3, -0.25) is 0 Å². The number of nitrogens with zero attached hydrogens (tertiary/aromatic N) is 2. The number of ether oxygens (including phenoxy) is 1. The summed E-state index contributed by atoms with van der Waals surface area (Å²) >= 11 is 0. The number of hydrogen-bond donors (Lipinski definition) is 0. The number of carbonyl (C=O) groups excluding carboxylic acids is 1. The summed E-state index contributed by atoms with van der Waals surface area (Å²) in [6.07, 6.45) is -3.41. The Hall–Kier alpha value is -2.57. The first-order chi connectivity index (χ1) is 11.3. The molecular formula is C17H17F3N2O2. The van der Waals surface area contributed by atoms with Crippen molar-refractivity contribution in [3.05, 3.63) is 64.8 Å². The van der Waals surface area contributed by atoms with Crippen molar-refractivity contribution < 1.29 is 22.7 Å². The van der Waals surface area contributed by atoms with Gasteiger partial charge in [-0.2, -0.15) is 18.2 Å². The van der Waals surface area contributed by atoms with Gasteiger partial charge in [0.15, 0.2) is 0 Å². The lowest BCUT2D eigenvalue weighted by molar-refractivity contribution is -0.137. The van der Waals surface area contributed by atoms with E-state index in [1.54, 1.807) is 35.9 Å². The van der Waals surface area contributed by atoms with E-state index in [-0.39, 0.29) is 13.2 Å². The van der Waals surface area contributed by atoms with E-state index in [4.69, 9.17) is 4.74 Å². The number of amides is 1. The van der Waals surface area contributed by atoms with E-state index in [0.717, 1.165) is 17.7 Å². The summed E-state index contributed by atoms with van der Waals surface area (Å²) in [6, 6.07) is 8.45. The van der Waals surface area contributed by atoms with Crippen LogP contribution in [0.4, 0.5) is 18.0 Å². The zero-order valence-electron chi connectivity index (χ0n) is 13.3. The molecule has 0 bridgehead atoms. The number of hydrogen-bond acceptors (Lipinski definition) is 2. The third kappa shape index (κ3) is 4.71. The Morgan fingerprint density at radius 2 is 2.00 bits per heavy atom. The van der Waals surface area contributed by atoms with Gasteiger partial charge in [0, 0.05) is 12.7 Å². The summed E-state index contributed by atoms with van der Waals surface area (Å²) in [5, 5.41) is 0. The van der Waals surface area contributed by atoms with Crippen LogP contribution in [-0.2, 0) is 17.5 Å². The molecule has 1 heterocycles. The van der Waals surface area contributed by atoms with E-state index < -0.39 is 17.8 Å². The number of aromatic nitrogens is 1. The van der Waals surface area contributed by atoms with Crippen LogP contribution in [0.15, 0.2) is 47.6 Å². The largest absolute Gasteiger partial charge is 0.448 e. The number of halogens is 3. The van der Waals surface area contributed by atoms with E-state index in [0.29, 0.717) is 11.1 Å². The highest BCUT2D eigenvalue weighted by atomic mass is 19.4. The van der Waals surface area contributed by atoms with E-state index in [1.807, 2.05) is 6.92 Å². The molecule has 0 radical (unpaired) electrons. The molecule has 0 fully saturated rings. The van der Waals surface area contributed by atoms with Crippen molar-refractivity contribution in [2.24, 2.45) is 4.99 Å². The molecule has 128 valence electrons. The second kappa shape index (κ2) is 7.33. The number of alkyl halides is 3. The fourth-order valence-electron chi connectivity index (χ4n) is 2.18. The van der Waals surface area contributed by atoms with E-state index in [9.17, 15) is 18.0 Å². The summed E-state index contributed by atoms with van der Waals surface area (Å²) in [5.74, 6) is 0. The Morgan fingerprint density at radius 1 is 1.25 bits per heavy atom. The maximum atomic E-state index is 12.8. The lowest BCUT2D eigenvalue weighted by atomic mass is 10.1. The van der Waals surface area contributed by atoms with Gasteiger partial charge in [0.1, 0.15) is 5.49 Å². The number of pyridine rings is 1. The van der Waals surface area contributed by atoms with Crippen molar-refractivity contribution in [2.45, 2.75) is 26.6 Å². The van der Waals surface area contributed by atoms with Gasteiger partial charge in [0.05, 0.1) is 12.2 Å². The predicted molar refractivity (Wildman–Crippen MR) is 82.3 cm³/mol. The molecule has 1 aromatic heterocycles. The lowest BCUT2D eigenvalue weighted by Crippen LogP contribution is -2.23. The highest BCUT2D eigenvalue weighted by Crippen LogP contribution is 2.29. The number of benzene rings is 1. The summed E-state index contributed by atoms with van der Waals surface area (Å²) in [4.78, 5) is 15.4. The molecule has 2 rings (SSSR count). The monoisotopic (exact) mass is 338 g/mol. The molecule has 1 aromatic carbocycles. The van der Waals surface area contributed by atoms with Gasteiger partial charge < -0.3 is 9.30 Å². The van der Waals surface area contributed by atoms with Gasteiger partial charge in [-0.25, -0.2) is 4.79 Å². The summed E-state index contributed by atoms with van der Waals surface area (Å²) in [6.45, 7) is 3.86. The molecule has 0 spiro atoms. The average Bonchev–Trinajstić information content (AvgIpc) is 2.50. The Labute approximate surface area is 137 Å². The van der Waals surface area contributed by atoms with E-state index >= 15 is 0 Å². The van der Waals surface area contributed by atoms with Crippen LogP contribution in [-0.4, -0.2) is 17.3 Å². The maximum Gasteiger partial charge on any atom is 0.435 e. The van der Waals surface area contributed by atoms with Gasteiger partial charge in [-0.15, -0.1) is 0 Å². The van der Waals surface area contributed by atoms with Gasteiger partial charge in [0.25, 0.3) is 0 Å². The first-order valence-electron chi connectivity index (χ1n) is 7.34. The fraction of sp³-hybridized carbons (Fsp3) is 0.294. The number of rotatable bonds is 3. The lowest BCUT2D eigenvalue weighted by Gasteiger charge is -2.11. The van der Waals surface area contributed by atoms with Gasteiger partial charge >= 0.3 is 12.3 Å². The Kier molecular flexibility index (Phi) is 5.43. The number of aryl methyl sites for hydroxylation is 1. The standard InChI is InChI=1S/C17H17F3N2O2/c1-3-24-16(23)21-15-8-7-12(2)10-22(15)11-13-5-4-6-14(9-13)17(18,19)20/h4-10H,3,11H2,1-2H3/b21-15-. The molecule has 4 nitrogen and oxygen atoms in total. The second-order valence-electron chi connectivity index (χ2n) is 5.20. The highest BCUT2D eigenvalue weighted by molar-refractivity contribution is 5.68. The Bertz CT molecular complexity index is 795. The van der Waals surface area contributed by atoms with Crippen molar-refractivity contribution in [1.29, 1.82) is 0 Å². The zero-order valence-corrected chi connectivity index (χ0v) is 13.3. The van der Waals surface area contributed by atoms with E-state index in [1.165, 1.54) is 6.07 Å². The topological polar surface area (TPSA) is 43.6 Å². The summed E-state index contributed by atoms with van der Waals surface area (Å²) in [7, 11) is 0. The summed E-state index contributed by atoms with van der Waals surface area (Å²) < 4.78 is 44.9. The molecule has 0 unspecified atom stereocenters. The predicted octanol–water partition coefficient (Wildman–Crippen LogP) is 3.92. The zero-order chi connectivity index (χ0) is 17.7. The van der Waals surface area contributed by atoms with E-state index in [2.05, 4.69) is 4.99 Å². The van der Waals surface area contributed by atoms with Crippen molar-refractivity contribution in [1.82, 2.24) is 4.57 Å². The van der Waals surface area contributed by atoms with Crippen molar-refractivity contribution >= 4 is 6.09 Å². The fourth-order valence-corrected chi connectivity index (χ4v) is 2.18. The smallest absolute Gasteiger partial charge is 0.435 e. The minimum Gasteiger partial charge on any atom is -0.448 e. The van der Waals surface area contributed by atoms with Crippen molar-refractivity contribution in [3.8, 4) is 0 Å². The van der Waals surface area contributed by atoms with Crippen LogP contribution in [0.5, 0.6) is 0 Å². The average molecular weight is 338 g/mol. The SMILES string of the molecule is CCOC(=O)/N=c1/ccc(C)cn1Cc1cccc(C(F)(F)F)c1. The molecule has 1 amide bonds. The molecular weight excluding hydrogens is 321 g/mol. The van der Waals surface area contributed by atoms with Crippen molar-refractivity contribution in [2.75, 3.05) is 6.61 Å². The van der Waals surface area contributed by atoms with Crippen LogP contribution in [0.2, 0.25) is 0 Å². The summed E-state index contributed by atoms with van der Waals surface area (Å²) in [5.41, 5.74) is 0.958. The van der Waals surface area contributed by atoms with Crippen LogP contribution in [0.3, 0.4) is 0 Å². The molecule has 0 aliphatic heterocycles. The van der Waals surface area contributed by atoms with Crippen LogP contribution < -0.4 is 5.49 Å². The minimum atomic E-state index is -4.40. The Morgan fingerprint density at radius 3 is 2.67 bits per heavy atom. The first kappa shape index (κ1) is 17.8. The molecule has 7 heteroatoms. The molecule has 0 N–H and O–H groups in total. The van der Waals surface area contributed by atoms with Crippen molar-refractivity contribution in [3.63, 3.8) is 0 Å². The first-order valence-corrected chi connectivity index (χ1v) is 7.34. The second-order valence-corrected chi connectivity index (χ2v) is 5.20. The minimum absolute atomic E-state index is 0.157. The van der Waals surface area contributed by atoms with Gasteiger partial charge in [0.2, 0.25) is 0 Å². The molecule has 0 atom stereocenters. The molecule has 0 aliphatic carbocycles. The number of carbonyl (C=O) groups is 1. The third-order valence-electron chi connectivity index (χ3n) is 3.23. The molecule has 0 aliphatic rings. The third-order valence-corrected chi connectivity index (χ3v) is 3.23. The van der Waals surface area contributed by atoms with Gasteiger partial charge in [-0.05, 0) is 43.2 Å². The Balaban J connectivity index is 2.39. The molecule has 2 aromatic rings. The molecule has 0 saturated carbocycles. The quantitative estimate of drug-likeness (QED) is 0.851. The van der Waals surface area contributed by atoms with Crippen LogP contribution >= 0.6 is 0 Å². The van der Waals surface area contributed by atoms with Gasteiger partial charge in [-0.1, -0.05) is 18.2 Å². The maximum absolute atomic E-state index is 12.8. The van der Waals surface area contributed by atoms with Crippen LogP contribution in [0, 0.1) is 6.92 Å². The molecule has 24 heavy (non-hydrogen) atoms. The normalized spacial score (nSPS) is 12.3. The highest BCUT2D eigenvalue weighted by Gasteiger charge is 2.30.